The van der Waals surface area contributed by atoms with Crippen molar-refractivity contribution in [1.82, 2.24) is 20.1 Å². The maximum atomic E-state index is 4.37. The molecule has 1 N–H and O–H groups in total. The van der Waals surface area contributed by atoms with Gasteiger partial charge in [-0.3, -0.25) is 0 Å². The van der Waals surface area contributed by atoms with Crippen LogP contribution in [0.1, 0.15) is 17.2 Å². The van der Waals surface area contributed by atoms with Gasteiger partial charge in [-0.25, -0.2) is 0 Å². The first-order valence-corrected chi connectivity index (χ1v) is 7.00. The van der Waals surface area contributed by atoms with E-state index in [-0.39, 0.29) is 0 Å². The average Bonchev–Trinajstić information content (AvgIpc) is 2.91. The Labute approximate surface area is 117 Å². The molecule has 0 saturated heterocycles. The van der Waals surface area contributed by atoms with E-state index in [0.29, 0.717) is 0 Å². The van der Waals surface area contributed by atoms with Crippen LogP contribution in [0.15, 0.2) is 42.5 Å². The second kappa shape index (κ2) is 4.72. The van der Waals surface area contributed by atoms with Crippen molar-refractivity contribution in [3.05, 3.63) is 59.7 Å². The van der Waals surface area contributed by atoms with Gasteiger partial charge in [0.2, 0.25) is 0 Å². The SMILES string of the molecule is c1ccc2c(Cc3nnc4n3CCNC4)cccc2c1. The molecule has 1 aliphatic rings. The average molecular weight is 264 g/mol. The van der Waals surface area contributed by atoms with E-state index in [4.69, 9.17) is 0 Å². The molecule has 0 aliphatic carbocycles. The monoisotopic (exact) mass is 264 g/mol. The molecule has 2 aromatic carbocycles. The van der Waals surface area contributed by atoms with Crippen molar-refractivity contribution in [2.24, 2.45) is 0 Å². The second-order valence-electron chi connectivity index (χ2n) is 5.18. The summed E-state index contributed by atoms with van der Waals surface area (Å²) in [5.74, 6) is 2.12. The number of nitrogens with zero attached hydrogens (tertiary/aromatic N) is 3. The molecule has 100 valence electrons. The topological polar surface area (TPSA) is 42.7 Å². The third kappa shape index (κ3) is 1.89. The summed E-state index contributed by atoms with van der Waals surface area (Å²) in [7, 11) is 0. The van der Waals surface area contributed by atoms with Crippen LogP contribution in [0, 0.1) is 0 Å². The zero-order valence-electron chi connectivity index (χ0n) is 11.2. The standard InChI is InChI=1S/C16H16N4/c1-2-7-14-12(4-1)5-3-6-13(14)10-15-18-19-16-11-17-8-9-20(15)16/h1-7,17H,8-11H2. The van der Waals surface area contributed by atoms with E-state index < -0.39 is 0 Å². The van der Waals surface area contributed by atoms with Crippen LogP contribution in [-0.4, -0.2) is 21.3 Å². The minimum atomic E-state index is 0.822. The summed E-state index contributed by atoms with van der Waals surface area (Å²) in [6.45, 7) is 2.78. The lowest BCUT2D eigenvalue weighted by Crippen LogP contribution is -2.29. The van der Waals surface area contributed by atoms with Gasteiger partial charge in [-0.15, -0.1) is 10.2 Å². The molecule has 0 saturated carbocycles. The summed E-state index contributed by atoms with van der Waals surface area (Å²) < 4.78 is 2.25. The van der Waals surface area contributed by atoms with Crippen molar-refractivity contribution in [3.8, 4) is 0 Å². The second-order valence-corrected chi connectivity index (χ2v) is 5.18. The third-order valence-electron chi connectivity index (χ3n) is 3.93. The van der Waals surface area contributed by atoms with E-state index in [2.05, 4.69) is 62.5 Å². The van der Waals surface area contributed by atoms with Crippen LogP contribution in [0.25, 0.3) is 10.8 Å². The summed E-state index contributed by atoms with van der Waals surface area (Å²) >= 11 is 0. The van der Waals surface area contributed by atoms with Gasteiger partial charge in [0.1, 0.15) is 11.6 Å². The Morgan fingerprint density at radius 2 is 1.95 bits per heavy atom. The highest BCUT2D eigenvalue weighted by molar-refractivity contribution is 5.85. The number of rotatable bonds is 2. The summed E-state index contributed by atoms with van der Waals surface area (Å²) in [5.41, 5.74) is 1.32. The number of nitrogens with one attached hydrogen (secondary N) is 1. The molecular weight excluding hydrogens is 248 g/mol. The fourth-order valence-electron chi connectivity index (χ4n) is 2.90. The zero-order chi connectivity index (χ0) is 13.4. The smallest absolute Gasteiger partial charge is 0.147 e. The van der Waals surface area contributed by atoms with Crippen molar-refractivity contribution >= 4 is 10.8 Å². The molecule has 0 fully saturated rings. The summed E-state index contributed by atoms with van der Waals surface area (Å²) in [6.07, 6.45) is 0.842. The lowest BCUT2D eigenvalue weighted by atomic mass is 10.0. The Bertz CT molecular complexity index is 755. The van der Waals surface area contributed by atoms with Crippen molar-refractivity contribution in [1.29, 1.82) is 0 Å². The molecule has 4 rings (SSSR count). The molecule has 20 heavy (non-hydrogen) atoms. The van der Waals surface area contributed by atoms with Crippen molar-refractivity contribution in [2.45, 2.75) is 19.5 Å². The Morgan fingerprint density at radius 3 is 2.95 bits per heavy atom. The van der Waals surface area contributed by atoms with Gasteiger partial charge in [0.15, 0.2) is 0 Å². The fourth-order valence-corrected chi connectivity index (χ4v) is 2.90. The highest BCUT2D eigenvalue weighted by atomic mass is 15.3. The number of fused-ring (bicyclic) bond motifs is 2. The molecule has 0 radical (unpaired) electrons. The molecule has 1 aromatic heterocycles. The molecule has 3 aromatic rings. The lowest BCUT2D eigenvalue weighted by molar-refractivity contribution is 0.496. The van der Waals surface area contributed by atoms with Crippen LogP contribution in [0.3, 0.4) is 0 Å². The zero-order valence-corrected chi connectivity index (χ0v) is 11.2. The van der Waals surface area contributed by atoms with Crippen LogP contribution in [-0.2, 0) is 19.5 Å². The molecule has 2 heterocycles. The Kier molecular flexibility index (Phi) is 2.74. The fraction of sp³-hybridized carbons (Fsp3) is 0.250. The molecule has 0 atom stereocenters. The van der Waals surface area contributed by atoms with Gasteiger partial charge in [0.25, 0.3) is 0 Å². The minimum Gasteiger partial charge on any atom is -0.312 e. The van der Waals surface area contributed by atoms with Crippen molar-refractivity contribution in [3.63, 3.8) is 0 Å². The Balaban J connectivity index is 1.76. The van der Waals surface area contributed by atoms with Crippen LogP contribution in [0.5, 0.6) is 0 Å². The van der Waals surface area contributed by atoms with E-state index in [1.165, 1.54) is 16.3 Å². The first kappa shape index (κ1) is 11.6. The van der Waals surface area contributed by atoms with Crippen LogP contribution in [0.4, 0.5) is 0 Å². The lowest BCUT2D eigenvalue weighted by Gasteiger charge is -2.16. The molecule has 4 nitrogen and oxygen atoms in total. The van der Waals surface area contributed by atoms with Gasteiger partial charge in [-0.2, -0.15) is 0 Å². The van der Waals surface area contributed by atoms with E-state index in [1.54, 1.807) is 0 Å². The largest absolute Gasteiger partial charge is 0.312 e. The van der Waals surface area contributed by atoms with Gasteiger partial charge in [0.05, 0.1) is 6.54 Å². The van der Waals surface area contributed by atoms with E-state index >= 15 is 0 Å². The molecular formula is C16H16N4. The Hall–Kier alpha value is -2.20. The van der Waals surface area contributed by atoms with E-state index in [0.717, 1.165) is 37.7 Å². The summed E-state index contributed by atoms with van der Waals surface area (Å²) in [6, 6.07) is 15.0. The van der Waals surface area contributed by atoms with Crippen LogP contribution >= 0.6 is 0 Å². The molecule has 0 spiro atoms. The molecule has 0 amide bonds. The van der Waals surface area contributed by atoms with Gasteiger partial charge in [0, 0.05) is 19.5 Å². The molecule has 0 unspecified atom stereocenters. The summed E-state index contributed by atoms with van der Waals surface area (Å²) in [4.78, 5) is 0. The number of benzene rings is 2. The van der Waals surface area contributed by atoms with E-state index in [1.807, 2.05) is 0 Å². The number of hydrogen-bond acceptors (Lipinski definition) is 3. The normalized spacial score (nSPS) is 14.4. The van der Waals surface area contributed by atoms with Crippen molar-refractivity contribution in [2.75, 3.05) is 6.54 Å². The molecule has 0 bridgehead atoms. The number of aromatic nitrogens is 3. The van der Waals surface area contributed by atoms with Crippen LogP contribution in [0.2, 0.25) is 0 Å². The van der Waals surface area contributed by atoms with Crippen LogP contribution < -0.4 is 5.32 Å². The predicted octanol–water partition coefficient (Wildman–Crippen LogP) is 2.13. The van der Waals surface area contributed by atoms with Gasteiger partial charge >= 0.3 is 0 Å². The van der Waals surface area contributed by atoms with Gasteiger partial charge < -0.3 is 9.88 Å². The molecule has 1 aliphatic heterocycles. The number of hydrogen-bond donors (Lipinski definition) is 1. The quantitative estimate of drug-likeness (QED) is 0.771. The Morgan fingerprint density at radius 1 is 1.05 bits per heavy atom. The predicted molar refractivity (Wildman–Crippen MR) is 78.5 cm³/mol. The maximum Gasteiger partial charge on any atom is 0.147 e. The highest BCUT2D eigenvalue weighted by Gasteiger charge is 2.15. The third-order valence-corrected chi connectivity index (χ3v) is 3.93. The van der Waals surface area contributed by atoms with E-state index in [9.17, 15) is 0 Å². The first-order chi connectivity index (χ1) is 9.92. The minimum absolute atomic E-state index is 0.822. The van der Waals surface area contributed by atoms with Gasteiger partial charge in [-0.05, 0) is 16.3 Å². The highest BCUT2D eigenvalue weighted by Crippen LogP contribution is 2.21. The van der Waals surface area contributed by atoms with Gasteiger partial charge in [-0.1, -0.05) is 42.5 Å². The first-order valence-electron chi connectivity index (χ1n) is 7.00. The van der Waals surface area contributed by atoms with Crippen molar-refractivity contribution < 1.29 is 0 Å². The summed E-state index contributed by atoms with van der Waals surface area (Å²) in [5, 5.41) is 14.6. The molecule has 4 heteroatoms. The maximum absolute atomic E-state index is 4.37.